The third kappa shape index (κ3) is 3.79. The molecule has 0 aromatic carbocycles. The summed E-state index contributed by atoms with van der Waals surface area (Å²) in [6, 6.07) is -0.149. The first-order chi connectivity index (χ1) is 9.81. The maximum absolute atomic E-state index is 12.2. The van der Waals surface area contributed by atoms with Gasteiger partial charge in [-0.25, -0.2) is 4.98 Å². The maximum atomic E-state index is 12.2. The molecule has 6 nitrogen and oxygen atoms in total. The number of hydrogen-bond donors (Lipinski definition) is 2. The number of carbonyl (C=O) groups excluding carboxylic acids is 2. The lowest BCUT2D eigenvalue weighted by Gasteiger charge is -2.32. The highest BCUT2D eigenvalue weighted by Gasteiger charge is 2.36. The lowest BCUT2D eigenvalue weighted by atomic mass is 10.1. The minimum atomic E-state index is -0.219. The van der Waals surface area contributed by atoms with Crippen molar-refractivity contribution in [3.05, 3.63) is 16.1 Å². The molecule has 0 aliphatic carbocycles. The Kier molecular flexibility index (Phi) is 4.63. The van der Waals surface area contributed by atoms with Crippen LogP contribution in [0.25, 0.3) is 0 Å². The molecule has 2 amide bonds. The summed E-state index contributed by atoms with van der Waals surface area (Å²) in [5.41, 5.74) is 5.66. The summed E-state index contributed by atoms with van der Waals surface area (Å²) in [6.45, 7) is 7.05. The third-order valence-corrected chi connectivity index (χ3v) is 4.32. The van der Waals surface area contributed by atoms with Crippen molar-refractivity contribution >= 4 is 23.2 Å². The summed E-state index contributed by atoms with van der Waals surface area (Å²) >= 11 is 1.44. The van der Waals surface area contributed by atoms with Crippen molar-refractivity contribution in [3.8, 4) is 0 Å². The second-order valence-corrected chi connectivity index (χ2v) is 7.16. The smallest absolute Gasteiger partial charge is 0.271 e. The van der Waals surface area contributed by atoms with Crippen LogP contribution in [0.1, 0.15) is 42.7 Å². The standard InChI is InChI=1S/C14H22N4O2S/c1-14(2,3)18-7-9(6-12(18)19)16-13(20)10-8-21-11(17-10)4-5-15/h8-9H,4-7,15H2,1-3H3,(H,16,20). The van der Waals surface area contributed by atoms with Crippen molar-refractivity contribution in [2.24, 2.45) is 5.73 Å². The molecule has 0 saturated carbocycles. The number of likely N-dealkylation sites (tertiary alicyclic amines) is 1. The number of thiazole rings is 1. The predicted molar refractivity (Wildman–Crippen MR) is 82.2 cm³/mol. The van der Waals surface area contributed by atoms with Crippen LogP contribution in [0.3, 0.4) is 0 Å². The summed E-state index contributed by atoms with van der Waals surface area (Å²) in [5.74, 6) is -0.141. The molecule has 21 heavy (non-hydrogen) atoms. The summed E-state index contributed by atoms with van der Waals surface area (Å²) in [4.78, 5) is 30.2. The molecule has 0 bridgehead atoms. The number of rotatable bonds is 4. The molecule has 0 radical (unpaired) electrons. The number of nitrogens with two attached hydrogens (primary N) is 1. The topological polar surface area (TPSA) is 88.3 Å². The fourth-order valence-electron chi connectivity index (χ4n) is 2.37. The number of carbonyl (C=O) groups is 2. The van der Waals surface area contributed by atoms with E-state index >= 15 is 0 Å². The number of nitrogens with zero attached hydrogens (tertiary/aromatic N) is 2. The van der Waals surface area contributed by atoms with E-state index in [-0.39, 0.29) is 23.4 Å². The highest BCUT2D eigenvalue weighted by molar-refractivity contribution is 7.09. The van der Waals surface area contributed by atoms with Gasteiger partial charge in [0.05, 0.1) is 11.0 Å². The normalized spacial score (nSPS) is 19.1. The van der Waals surface area contributed by atoms with E-state index < -0.39 is 0 Å². The molecular weight excluding hydrogens is 288 g/mol. The fourth-order valence-corrected chi connectivity index (χ4v) is 3.16. The Morgan fingerprint density at radius 1 is 1.57 bits per heavy atom. The highest BCUT2D eigenvalue weighted by Crippen LogP contribution is 2.22. The second-order valence-electron chi connectivity index (χ2n) is 6.21. The molecule has 2 rings (SSSR count). The molecule has 1 aliphatic rings. The predicted octanol–water partition coefficient (Wildman–Crippen LogP) is 0.773. The Balaban J connectivity index is 1.96. The van der Waals surface area contributed by atoms with E-state index in [1.54, 1.807) is 10.3 Å². The Labute approximate surface area is 128 Å². The number of hydrogen-bond acceptors (Lipinski definition) is 5. The quantitative estimate of drug-likeness (QED) is 0.860. The minimum absolute atomic E-state index is 0.0786. The lowest BCUT2D eigenvalue weighted by Crippen LogP contribution is -2.44. The van der Waals surface area contributed by atoms with Crippen LogP contribution in [0, 0.1) is 0 Å². The van der Waals surface area contributed by atoms with Gasteiger partial charge >= 0.3 is 0 Å². The SMILES string of the molecule is CC(C)(C)N1CC(NC(=O)c2csc(CCN)n2)CC1=O. The van der Waals surface area contributed by atoms with E-state index in [0.717, 1.165) is 5.01 Å². The molecule has 2 heterocycles. The zero-order valence-corrected chi connectivity index (χ0v) is 13.5. The fraction of sp³-hybridized carbons (Fsp3) is 0.643. The van der Waals surface area contributed by atoms with Gasteiger partial charge in [-0.2, -0.15) is 0 Å². The molecule has 1 saturated heterocycles. The molecule has 1 aromatic rings. The van der Waals surface area contributed by atoms with E-state index in [4.69, 9.17) is 5.73 Å². The summed E-state index contributed by atoms with van der Waals surface area (Å²) in [5, 5.41) is 5.49. The third-order valence-electron chi connectivity index (χ3n) is 3.41. The average molecular weight is 310 g/mol. The molecule has 1 unspecified atom stereocenters. The molecule has 3 N–H and O–H groups in total. The Bertz CT molecular complexity index is 535. The molecule has 1 aromatic heterocycles. The summed E-state index contributed by atoms with van der Waals surface area (Å²) in [6.07, 6.45) is 1.03. The number of aromatic nitrogens is 1. The molecule has 1 fully saturated rings. The monoisotopic (exact) mass is 310 g/mol. The molecule has 1 aliphatic heterocycles. The molecule has 1 atom stereocenters. The molecule has 0 spiro atoms. The van der Waals surface area contributed by atoms with Crippen molar-refractivity contribution in [2.75, 3.05) is 13.1 Å². The van der Waals surface area contributed by atoms with Gasteiger partial charge < -0.3 is 16.0 Å². The van der Waals surface area contributed by atoms with Crippen LogP contribution in [0.2, 0.25) is 0 Å². The summed E-state index contributed by atoms with van der Waals surface area (Å²) in [7, 11) is 0. The minimum Gasteiger partial charge on any atom is -0.346 e. The van der Waals surface area contributed by atoms with Gasteiger partial charge in [0, 0.05) is 30.3 Å². The van der Waals surface area contributed by atoms with Gasteiger partial charge in [0.1, 0.15) is 5.69 Å². The van der Waals surface area contributed by atoms with Gasteiger partial charge in [0.2, 0.25) is 5.91 Å². The van der Waals surface area contributed by atoms with Crippen LogP contribution in [-0.2, 0) is 11.2 Å². The van der Waals surface area contributed by atoms with Gasteiger partial charge in [0.25, 0.3) is 5.91 Å². The average Bonchev–Trinajstić information content (AvgIpc) is 2.96. The van der Waals surface area contributed by atoms with Crippen LogP contribution in [-0.4, -0.2) is 46.4 Å². The zero-order chi connectivity index (χ0) is 15.6. The zero-order valence-electron chi connectivity index (χ0n) is 12.7. The molecular formula is C14H22N4O2S. The van der Waals surface area contributed by atoms with Crippen molar-refractivity contribution in [2.45, 2.75) is 45.2 Å². The van der Waals surface area contributed by atoms with Crippen LogP contribution >= 0.6 is 11.3 Å². The van der Waals surface area contributed by atoms with E-state index in [1.807, 2.05) is 20.8 Å². The van der Waals surface area contributed by atoms with Crippen LogP contribution in [0.15, 0.2) is 5.38 Å². The van der Waals surface area contributed by atoms with E-state index in [0.29, 0.717) is 31.6 Å². The first kappa shape index (κ1) is 15.9. The number of nitrogens with one attached hydrogen (secondary N) is 1. The Morgan fingerprint density at radius 3 is 2.86 bits per heavy atom. The van der Waals surface area contributed by atoms with Crippen molar-refractivity contribution in [1.29, 1.82) is 0 Å². The highest BCUT2D eigenvalue weighted by atomic mass is 32.1. The summed E-state index contributed by atoms with van der Waals surface area (Å²) < 4.78 is 0. The Morgan fingerprint density at radius 2 is 2.29 bits per heavy atom. The number of amides is 2. The molecule has 7 heteroatoms. The van der Waals surface area contributed by atoms with E-state index in [2.05, 4.69) is 10.3 Å². The van der Waals surface area contributed by atoms with Crippen LogP contribution < -0.4 is 11.1 Å². The lowest BCUT2D eigenvalue weighted by molar-refractivity contribution is -0.131. The van der Waals surface area contributed by atoms with Crippen LogP contribution in [0.4, 0.5) is 0 Å². The van der Waals surface area contributed by atoms with E-state index in [1.165, 1.54) is 11.3 Å². The van der Waals surface area contributed by atoms with Gasteiger partial charge in [-0.05, 0) is 27.3 Å². The maximum Gasteiger partial charge on any atom is 0.271 e. The van der Waals surface area contributed by atoms with Gasteiger partial charge in [-0.3, -0.25) is 9.59 Å². The van der Waals surface area contributed by atoms with Crippen molar-refractivity contribution in [1.82, 2.24) is 15.2 Å². The van der Waals surface area contributed by atoms with Crippen molar-refractivity contribution < 1.29 is 9.59 Å². The first-order valence-corrected chi connectivity index (χ1v) is 7.95. The van der Waals surface area contributed by atoms with E-state index in [9.17, 15) is 9.59 Å². The largest absolute Gasteiger partial charge is 0.346 e. The second kappa shape index (κ2) is 6.11. The van der Waals surface area contributed by atoms with Crippen LogP contribution in [0.5, 0.6) is 0 Å². The van der Waals surface area contributed by atoms with Gasteiger partial charge in [-0.1, -0.05) is 0 Å². The van der Waals surface area contributed by atoms with Crippen molar-refractivity contribution in [3.63, 3.8) is 0 Å². The first-order valence-electron chi connectivity index (χ1n) is 7.07. The Hall–Kier alpha value is -1.47. The van der Waals surface area contributed by atoms with Gasteiger partial charge in [-0.15, -0.1) is 11.3 Å². The molecule has 116 valence electrons. The van der Waals surface area contributed by atoms with Gasteiger partial charge in [0.15, 0.2) is 0 Å².